The lowest BCUT2D eigenvalue weighted by Crippen LogP contribution is -2.37. The minimum atomic E-state index is -0.592. The van der Waals surface area contributed by atoms with Crippen molar-refractivity contribution in [3.8, 4) is 0 Å². The molecular weight excluding hydrogens is 508 g/mol. The maximum atomic E-state index is 12.4. The fourth-order valence-electron chi connectivity index (χ4n) is 4.98. The molecule has 40 heavy (non-hydrogen) atoms. The van der Waals surface area contributed by atoms with Crippen molar-refractivity contribution in [1.29, 1.82) is 0 Å². The van der Waals surface area contributed by atoms with E-state index in [1.165, 1.54) is 12.6 Å². The van der Waals surface area contributed by atoms with E-state index in [1.807, 2.05) is 91.0 Å². The van der Waals surface area contributed by atoms with Crippen LogP contribution in [0.4, 0.5) is 0 Å². The van der Waals surface area contributed by atoms with Crippen LogP contribution in [0.5, 0.6) is 0 Å². The van der Waals surface area contributed by atoms with Gasteiger partial charge in [0.2, 0.25) is 5.58 Å². The maximum absolute atomic E-state index is 12.4. The summed E-state index contributed by atoms with van der Waals surface area (Å²) in [6.45, 7) is 1.47. The lowest BCUT2D eigenvalue weighted by Gasteiger charge is -2.25. The van der Waals surface area contributed by atoms with Crippen molar-refractivity contribution in [1.82, 2.24) is 9.97 Å². The van der Waals surface area contributed by atoms with Crippen molar-refractivity contribution in [2.45, 2.75) is 44.2 Å². The van der Waals surface area contributed by atoms with E-state index in [2.05, 4.69) is 9.97 Å². The van der Waals surface area contributed by atoms with E-state index in [-0.39, 0.29) is 11.1 Å². The molecule has 0 radical (unpaired) electrons. The molecule has 6 rings (SSSR count). The van der Waals surface area contributed by atoms with Crippen molar-refractivity contribution in [2.24, 2.45) is 0 Å². The molecule has 1 fully saturated rings. The van der Waals surface area contributed by atoms with Gasteiger partial charge in [0.15, 0.2) is 0 Å². The van der Waals surface area contributed by atoms with Gasteiger partial charge < -0.3 is 28.3 Å². The lowest BCUT2D eigenvalue weighted by molar-refractivity contribution is -0.0898. The lowest BCUT2D eigenvalue weighted by atomic mass is 10.0. The predicted octanol–water partition coefficient (Wildman–Crippen LogP) is 5.34. The van der Waals surface area contributed by atoms with Gasteiger partial charge in [0, 0.05) is 5.56 Å². The first kappa shape index (κ1) is 26.2. The Balaban J connectivity index is 1.30. The molecule has 4 atom stereocenters. The number of aromatic amines is 1. The Morgan fingerprint density at radius 3 is 1.95 bits per heavy atom. The summed E-state index contributed by atoms with van der Waals surface area (Å²) in [4.78, 5) is 19.3. The number of rotatable bonds is 11. The topological polar surface area (TPSA) is 95.8 Å². The molecule has 0 amide bonds. The van der Waals surface area contributed by atoms with Gasteiger partial charge in [-0.15, -0.1) is 0 Å². The van der Waals surface area contributed by atoms with E-state index in [0.29, 0.717) is 37.5 Å². The molecule has 2 aromatic heterocycles. The normalized spacial score (nSPS) is 20.7. The highest BCUT2D eigenvalue weighted by Crippen LogP contribution is 2.40. The van der Waals surface area contributed by atoms with Crippen LogP contribution in [-0.2, 0) is 38.8 Å². The molecule has 5 aromatic rings. The van der Waals surface area contributed by atoms with Gasteiger partial charge in [-0.3, -0.25) is 4.79 Å². The number of aromatic nitrogens is 2. The van der Waals surface area contributed by atoms with Crippen LogP contribution < -0.4 is 5.56 Å². The second kappa shape index (κ2) is 12.4. The molecule has 0 aliphatic carbocycles. The van der Waals surface area contributed by atoms with Crippen LogP contribution in [0, 0.1) is 0 Å². The highest BCUT2D eigenvalue weighted by atomic mass is 16.6. The van der Waals surface area contributed by atoms with Gasteiger partial charge in [-0.1, -0.05) is 91.0 Å². The van der Waals surface area contributed by atoms with Gasteiger partial charge in [0.25, 0.3) is 5.56 Å². The number of nitrogens with one attached hydrogen (secondary N) is 1. The fourth-order valence-corrected chi connectivity index (χ4v) is 4.98. The molecule has 204 valence electrons. The summed E-state index contributed by atoms with van der Waals surface area (Å²) in [7, 11) is 0. The highest BCUT2D eigenvalue weighted by Gasteiger charge is 2.48. The summed E-state index contributed by atoms with van der Waals surface area (Å²) in [6.07, 6.45) is 0.878. The van der Waals surface area contributed by atoms with E-state index in [0.717, 1.165) is 16.7 Å². The molecule has 8 heteroatoms. The smallest absolute Gasteiger partial charge is 0.294 e. The molecule has 0 saturated carbocycles. The predicted molar refractivity (Wildman–Crippen MR) is 148 cm³/mol. The van der Waals surface area contributed by atoms with Crippen LogP contribution >= 0.6 is 0 Å². The standard InChI is InChI=1S/C32H30N2O6/c35-32-30-27(33-21-34-32)25(19-39-30)28-31(38-18-24-14-8-3-9-15-24)29(37-17-23-12-6-2-7-13-23)26(40-28)20-36-16-22-10-4-1-5-11-22/h1-15,19,21,26,28-29,31H,16-18,20H2,(H,33,34,35)/t26-,28+,29-,31+/m1/s1. The number of fused-ring (bicyclic) bond motifs is 1. The molecule has 0 spiro atoms. The summed E-state index contributed by atoms with van der Waals surface area (Å²) in [5.41, 5.74) is 4.01. The third-order valence-corrected chi connectivity index (χ3v) is 6.97. The molecule has 1 aliphatic rings. The Kier molecular flexibility index (Phi) is 8.11. The van der Waals surface area contributed by atoms with Gasteiger partial charge in [-0.05, 0) is 16.7 Å². The molecule has 3 heterocycles. The number of H-pyrrole nitrogens is 1. The van der Waals surface area contributed by atoms with Crippen molar-refractivity contribution < 1.29 is 23.4 Å². The van der Waals surface area contributed by atoms with Crippen molar-refractivity contribution in [2.75, 3.05) is 6.61 Å². The van der Waals surface area contributed by atoms with Crippen LogP contribution in [-0.4, -0.2) is 34.9 Å². The van der Waals surface area contributed by atoms with Crippen LogP contribution in [0.1, 0.15) is 28.4 Å². The third kappa shape index (κ3) is 5.90. The van der Waals surface area contributed by atoms with E-state index >= 15 is 0 Å². The zero-order valence-electron chi connectivity index (χ0n) is 21.8. The second-order valence-corrected chi connectivity index (χ2v) is 9.72. The van der Waals surface area contributed by atoms with Gasteiger partial charge in [0.05, 0.1) is 39.0 Å². The van der Waals surface area contributed by atoms with Gasteiger partial charge >= 0.3 is 0 Å². The Bertz CT molecular complexity index is 1550. The highest BCUT2D eigenvalue weighted by molar-refractivity contribution is 5.75. The Hall–Kier alpha value is -4.08. The average Bonchev–Trinajstić information content (AvgIpc) is 3.58. The van der Waals surface area contributed by atoms with Crippen LogP contribution in [0.3, 0.4) is 0 Å². The molecule has 1 saturated heterocycles. The number of furan rings is 1. The van der Waals surface area contributed by atoms with E-state index in [4.69, 9.17) is 23.4 Å². The summed E-state index contributed by atoms with van der Waals surface area (Å²) in [6, 6.07) is 29.9. The van der Waals surface area contributed by atoms with Crippen LogP contribution in [0.2, 0.25) is 0 Å². The molecular formula is C32H30N2O6. The first-order chi connectivity index (χ1) is 19.8. The van der Waals surface area contributed by atoms with E-state index in [1.54, 1.807) is 0 Å². The molecule has 1 N–H and O–H groups in total. The van der Waals surface area contributed by atoms with Gasteiger partial charge in [-0.2, -0.15) is 0 Å². The maximum Gasteiger partial charge on any atom is 0.294 e. The Morgan fingerprint density at radius 1 is 0.750 bits per heavy atom. The first-order valence-electron chi connectivity index (χ1n) is 13.3. The molecule has 1 aliphatic heterocycles. The molecule has 3 aromatic carbocycles. The summed E-state index contributed by atoms with van der Waals surface area (Å²) < 4.78 is 31.4. The zero-order chi connectivity index (χ0) is 27.1. The van der Waals surface area contributed by atoms with E-state index in [9.17, 15) is 4.79 Å². The Morgan fingerprint density at radius 2 is 1.32 bits per heavy atom. The second-order valence-electron chi connectivity index (χ2n) is 9.72. The van der Waals surface area contributed by atoms with Crippen LogP contribution in [0.25, 0.3) is 11.1 Å². The summed E-state index contributed by atoms with van der Waals surface area (Å²) >= 11 is 0. The molecule has 0 bridgehead atoms. The number of nitrogens with zero attached hydrogens (tertiary/aromatic N) is 1. The number of benzene rings is 3. The third-order valence-electron chi connectivity index (χ3n) is 6.97. The average molecular weight is 539 g/mol. The fraction of sp³-hybridized carbons (Fsp3) is 0.250. The number of hydrogen-bond donors (Lipinski definition) is 1. The largest absolute Gasteiger partial charge is 0.456 e. The number of ether oxygens (including phenoxy) is 4. The van der Waals surface area contributed by atoms with Crippen molar-refractivity contribution in [3.05, 3.63) is 136 Å². The van der Waals surface area contributed by atoms with Crippen molar-refractivity contribution >= 4 is 11.1 Å². The summed E-state index contributed by atoms with van der Waals surface area (Å²) in [5, 5.41) is 0. The van der Waals surface area contributed by atoms with Crippen LogP contribution in [0.15, 0.2) is 113 Å². The SMILES string of the molecule is O=c1[nH]cnc2c([C@@H]3O[C@H](COCc4ccccc4)[C@@H](OCc4ccccc4)[C@H]3OCc3ccccc3)coc12. The zero-order valence-corrected chi connectivity index (χ0v) is 21.8. The minimum absolute atomic E-state index is 0.147. The first-order valence-corrected chi connectivity index (χ1v) is 13.3. The molecule has 0 unspecified atom stereocenters. The van der Waals surface area contributed by atoms with Gasteiger partial charge in [-0.25, -0.2) is 4.98 Å². The number of hydrogen-bond acceptors (Lipinski definition) is 7. The monoisotopic (exact) mass is 538 g/mol. The Labute approximate surface area is 231 Å². The van der Waals surface area contributed by atoms with Crippen molar-refractivity contribution in [3.63, 3.8) is 0 Å². The van der Waals surface area contributed by atoms with Gasteiger partial charge in [0.1, 0.15) is 29.9 Å². The molecule has 8 nitrogen and oxygen atoms in total. The summed E-state index contributed by atoms with van der Waals surface area (Å²) in [5.74, 6) is 0. The minimum Gasteiger partial charge on any atom is -0.456 e. The van der Waals surface area contributed by atoms with E-state index < -0.39 is 24.4 Å². The quantitative estimate of drug-likeness (QED) is 0.242.